The molecule has 0 fully saturated rings. The van der Waals surface area contributed by atoms with Gasteiger partial charge in [0.1, 0.15) is 13.2 Å². The van der Waals surface area contributed by atoms with Gasteiger partial charge in [-0.1, -0.05) is 0 Å². The average molecular weight is 194 g/mol. The molecule has 1 N–H and O–H groups in total. The van der Waals surface area contributed by atoms with Crippen LogP contribution in [-0.4, -0.2) is 24.1 Å². The van der Waals surface area contributed by atoms with Gasteiger partial charge >= 0.3 is 0 Å². The van der Waals surface area contributed by atoms with E-state index in [0.29, 0.717) is 30.3 Å². The SMILES string of the molecule is CC(=O)c1cc(O)c2c(c1)OCCO2. The number of ether oxygens (including phenoxy) is 2. The summed E-state index contributed by atoms with van der Waals surface area (Å²) in [6.07, 6.45) is 0. The minimum absolute atomic E-state index is 0.0487. The van der Waals surface area contributed by atoms with Gasteiger partial charge in [0.2, 0.25) is 5.75 Å². The maximum absolute atomic E-state index is 11.1. The molecule has 0 amide bonds. The lowest BCUT2D eigenvalue weighted by Gasteiger charge is -2.19. The van der Waals surface area contributed by atoms with Crippen LogP contribution >= 0.6 is 0 Å². The first kappa shape index (κ1) is 8.87. The third-order valence-corrected chi connectivity index (χ3v) is 2.03. The molecule has 1 aliphatic heterocycles. The number of ketones is 1. The maximum atomic E-state index is 11.1. The molecule has 0 bridgehead atoms. The summed E-state index contributed by atoms with van der Waals surface area (Å²) in [7, 11) is 0. The molecule has 1 aromatic rings. The van der Waals surface area contributed by atoms with Gasteiger partial charge in [-0.05, 0) is 19.1 Å². The van der Waals surface area contributed by atoms with Crippen molar-refractivity contribution in [1.29, 1.82) is 0 Å². The van der Waals surface area contributed by atoms with Gasteiger partial charge < -0.3 is 14.6 Å². The number of fused-ring (bicyclic) bond motifs is 1. The summed E-state index contributed by atoms with van der Waals surface area (Å²) < 4.78 is 10.5. The predicted octanol–water partition coefficient (Wildman–Crippen LogP) is 1.37. The molecule has 2 rings (SSSR count). The second-order valence-electron chi connectivity index (χ2n) is 3.08. The zero-order valence-electron chi connectivity index (χ0n) is 7.74. The van der Waals surface area contributed by atoms with Gasteiger partial charge in [-0.2, -0.15) is 0 Å². The highest BCUT2D eigenvalue weighted by Gasteiger charge is 2.18. The van der Waals surface area contributed by atoms with Gasteiger partial charge in [-0.15, -0.1) is 0 Å². The van der Waals surface area contributed by atoms with Crippen molar-refractivity contribution in [2.24, 2.45) is 0 Å². The van der Waals surface area contributed by atoms with Crippen LogP contribution in [0.1, 0.15) is 17.3 Å². The highest BCUT2D eigenvalue weighted by atomic mass is 16.6. The van der Waals surface area contributed by atoms with Crippen LogP contribution in [0.5, 0.6) is 17.2 Å². The number of phenols is 1. The minimum Gasteiger partial charge on any atom is -0.504 e. The topological polar surface area (TPSA) is 55.8 Å². The lowest BCUT2D eigenvalue weighted by molar-refractivity contribution is 0.101. The van der Waals surface area contributed by atoms with Crippen molar-refractivity contribution in [1.82, 2.24) is 0 Å². The van der Waals surface area contributed by atoms with Crippen molar-refractivity contribution >= 4 is 5.78 Å². The molecule has 4 heteroatoms. The third-order valence-electron chi connectivity index (χ3n) is 2.03. The number of aromatic hydroxyl groups is 1. The first-order chi connectivity index (χ1) is 6.68. The molecule has 0 aliphatic carbocycles. The number of rotatable bonds is 1. The summed E-state index contributed by atoms with van der Waals surface area (Å²) in [4.78, 5) is 11.1. The highest BCUT2D eigenvalue weighted by molar-refractivity contribution is 5.95. The van der Waals surface area contributed by atoms with Gasteiger partial charge in [0, 0.05) is 5.56 Å². The normalized spacial score (nSPS) is 13.8. The lowest BCUT2D eigenvalue weighted by atomic mass is 10.1. The smallest absolute Gasteiger partial charge is 0.203 e. The Bertz CT molecular complexity index is 384. The van der Waals surface area contributed by atoms with E-state index in [-0.39, 0.29) is 11.5 Å². The molecule has 1 heterocycles. The molecule has 0 atom stereocenters. The molecular formula is C10H10O4. The fourth-order valence-electron chi connectivity index (χ4n) is 1.34. The van der Waals surface area contributed by atoms with Crippen molar-refractivity contribution in [3.63, 3.8) is 0 Å². The fourth-order valence-corrected chi connectivity index (χ4v) is 1.34. The summed E-state index contributed by atoms with van der Waals surface area (Å²) in [5.74, 6) is 0.590. The second-order valence-corrected chi connectivity index (χ2v) is 3.08. The molecule has 4 nitrogen and oxygen atoms in total. The van der Waals surface area contributed by atoms with Crippen LogP contribution < -0.4 is 9.47 Å². The van der Waals surface area contributed by atoms with Gasteiger partial charge in [0.05, 0.1) is 0 Å². The quantitative estimate of drug-likeness (QED) is 0.686. The Labute approximate surface area is 81.1 Å². The van der Waals surface area contributed by atoms with Crippen LogP contribution in [0.2, 0.25) is 0 Å². The number of Topliss-reactive ketones (excluding diaryl/α,β-unsaturated/α-hetero) is 1. The van der Waals surface area contributed by atoms with Crippen molar-refractivity contribution in [3.8, 4) is 17.2 Å². The van der Waals surface area contributed by atoms with Crippen LogP contribution in [0, 0.1) is 0 Å². The number of phenolic OH excluding ortho intramolecular Hbond substituents is 1. The maximum Gasteiger partial charge on any atom is 0.203 e. The molecule has 0 saturated heterocycles. The van der Waals surface area contributed by atoms with Gasteiger partial charge in [0.15, 0.2) is 17.3 Å². The molecular weight excluding hydrogens is 184 g/mol. The Hall–Kier alpha value is -1.71. The van der Waals surface area contributed by atoms with Crippen molar-refractivity contribution in [2.75, 3.05) is 13.2 Å². The van der Waals surface area contributed by atoms with E-state index in [1.54, 1.807) is 6.07 Å². The second kappa shape index (κ2) is 3.21. The predicted molar refractivity (Wildman–Crippen MR) is 49.1 cm³/mol. The van der Waals surface area contributed by atoms with Gasteiger partial charge in [0.25, 0.3) is 0 Å². The number of hydrogen-bond donors (Lipinski definition) is 1. The highest BCUT2D eigenvalue weighted by Crippen LogP contribution is 2.39. The van der Waals surface area contributed by atoms with Gasteiger partial charge in [-0.3, -0.25) is 4.79 Å². The van der Waals surface area contributed by atoms with E-state index in [0.717, 1.165) is 0 Å². The van der Waals surface area contributed by atoms with Crippen LogP contribution in [-0.2, 0) is 0 Å². The lowest BCUT2D eigenvalue weighted by Crippen LogP contribution is -2.15. The van der Waals surface area contributed by atoms with E-state index < -0.39 is 0 Å². The average Bonchev–Trinajstić information content (AvgIpc) is 2.17. The third kappa shape index (κ3) is 1.39. The fraction of sp³-hybridized carbons (Fsp3) is 0.300. The minimum atomic E-state index is -0.114. The monoisotopic (exact) mass is 194 g/mol. The number of carbonyl (C=O) groups is 1. The number of hydrogen-bond acceptors (Lipinski definition) is 4. The molecule has 0 unspecified atom stereocenters. The molecule has 0 radical (unpaired) electrons. The first-order valence-electron chi connectivity index (χ1n) is 4.32. The summed E-state index contributed by atoms with van der Waals surface area (Å²) in [5.41, 5.74) is 0.423. The summed E-state index contributed by atoms with van der Waals surface area (Å²) in [6, 6.07) is 2.96. The molecule has 14 heavy (non-hydrogen) atoms. The Kier molecular flexibility index (Phi) is 2.04. The van der Waals surface area contributed by atoms with E-state index >= 15 is 0 Å². The van der Waals surface area contributed by atoms with Crippen LogP contribution in [0.25, 0.3) is 0 Å². The van der Waals surface area contributed by atoms with E-state index in [4.69, 9.17) is 9.47 Å². The number of benzene rings is 1. The van der Waals surface area contributed by atoms with Crippen LogP contribution in [0.3, 0.4) is 0 Å². The van der Waals surface area contributed by atoms with Gasteiger partial charge in [-0.25, -0.2) is 0 Å². The van der Waals surface area contributed by atoms with Crippen LogP contribution in [0.4, 0.5) is 0 Å². The summed E-state index contributed by atoms with van der Waals surface area (Å²) in [5, 5.41) is 9.53. The standard InChI is InChI=1S/C10H10O4/c1-6(11)7-4-8(12)10-9(5-7)13-2-3-14-10/h4-5,12H,2-3H2,1H3. The van der Waals surface area contributed by atoms with Crippen molar-refractivity contribution < 1.29 is 19.4 Å². The molecule has 1 aromatic carbocycles. The summed E-state index contributed by atoms with van der Waals surface area (Å²) >= 11 is 0. The van der Waals surface area contributed by atoms with E-state index in [1.165, 1.54) is 13.0 Å². The van der Waals surface area contributed by atoms with Crippen LogP contribution in [0.15, 0.2) is 12.1 Å². The largest absolute Gasteiger partial charge is 0.504 e. The van der Waals surface area contributed by atoms with E-state index in [2.05, 4.69) is 0 Å². The zero-order chi connectivity index (χ0) is 10.1. The molecule has 0 spiro atoms. The van der Waals surface area contributed by atoms with Crippen molar-refractivity contribution in [2.45, 2.75) is 6.92 Å². The Morgan fingerprint density at radius 1 is 1.36 bits per heavy atom. The molecule has 0 aromatic heterocycles. The Morgan fingerprint density at radius 3 is 2.79 bits per heavy atom. The number of carbonyl (C=O) groups excluding carboxylic acids is 1. The summed E-state index contributed by atoms with van der Waals surface area (Å²) in [6.45, 7) is 2.29. The molecule has 1 aliphatic rings. The zero-order valence-corrected chi connectivity index (χ0v) is 7.74. The Balaban J connectivity index is 2.51. The molecule has 74 valence electrons. The van der Waals surface area contributed by atoms with E-state index in [9.17, 15) is 9.90 Å². The van der Waals surface area contributed by atoms with Crippen molar-refractivity contribution in [3.05, 3.63) is 17.7 Å². The van der Waals surface area contributed by atoms with E-state index in [1.807, 2.05) is 0 Å². The first-order valence-corrected chi connectivity index (χ1v) is 4.32. The Morgan fingerprint density at radius 2 is 2.07 bits per heavy atom. The molecule has 0 saturated carbocycles.